The van der Waals surface area contributed by atoms with Crippen molar-refractivity contribution in [1.82, 2.24) is 0 Å². The van der Waals surface area contributed by atoms with E-state index < -0.39 is 34.3 Å². The van der Waals surface area contributed by atoms with Crippen LogP contribution in [0.4, 0.5) is 27.6 Å². The smallest absolute Gasteiger partial charge is 0.378 e. The molecule has 0 saturated heterocycles. The van der Waals surface area contributed by atoms with Crippen LogP contribution in [-0.2, 0) is 21.5 Å². The molecule has 0 fully saturated rings. The predicted octanol–water partition coefficient (Wildman–Crippen LogP) is 2.68. The number of hydrogen-bond donors (Lipinski definition) is 1. The van der Waals surface area contributed by atoms with Crippen molar-refractivity contribution in [3.8, 4) is 0 Å². The summed E-state index contributed by atoms with van der Waals surface area (Å²) in [4.78, 5) is 1.70. The Morgan fingerprint density at radius 3 is 1.96 bits per heavy atom. The molecule has 0 aromatic heterocycles. The molecule has 1 unspecified atom stereocenters. The third-order valence-electron chi connectivity index (χ3n) is 2.82. The maximum absolute atomic E-state index is 13.3. The molecule has 1 N–H and O–H groups in total. The van der Waals surface area contributed by atoms with E-state index in [-0.39, 0.29) is 5.56 Å². The van der Waals surface area contributed by atoms with E-state index in [1.165, 1.54) is 24.3 Å². The van der Waals surface area contributed by atoms with Crippen molar-refractivity contribution in [2.45, 2.75) is 24.1 Å². The normalized spacial score (nSPS) is 14.6. The van der Waals surface area contributed by atoms with Crippen molar-refractivity contribution in [2.24, 2.45) is 0 Å². The van der Waals surface area contributed by atoms with Crippen LogP contribution < -0.4 is 4.90 Å². The largest absolute Gasteiger partial charge is 0.421 e. The molecule has 0 aliphatic carbocycles. The topological polar surface area (TPSA) is 66.8 Å². The van der Waals surface area contributed by atoms with Crippen LogP contribution in [-0.4, -0.2) is 44.6 Å². The van der Waals surface area contributed by atoms with Gasteiger partial charge in [0.05, 0.1) is 6.61 Å². The number of anilines is 1. The van der Waals surface area contributed by atoms with Crippen LogP contribution in [0.15, 0.2) is 24.3 Å². The first-order chi connectivity index (χ1) is 10.3. The van der Waals surface area contributed by atoms with E-state index in [2.05, 4.69) is 4.74 Å². The minimum atomic E-state index is -6.29. The Bertz CT molecular complexity index is 628. The highest BCUT2D eigenvalue weighted by Crippen LogP contribution is 2.38. The molecular formula is C12H14F5NO4S. The monoisotopic (exact) mass is 363 g/mol. The van der Waals surface area contributed by atoms with Crippen LogP contribution in [0.25, 0.3) is 0 Å². The summed E-state index contributed by atoms with van der Waals surface area (Å²) in [5.74, 6) is 0. The summed E-state index contributed by atoms with van der Waals surface area (Å²) in [5, 5.41) is -5.52. The van der Waals surface area contributed by atoms with Gasteiger partial charge in [0.15, 0.2) is 0 Å². The molecule has 132 valence electrons. The molecule has 0 amide bonds. The quantitative estimate of drug-likeness (QED) is 0.622. The molecule has 0 bridgehead atoms. The van der Waals surface area contributed by atoms with Gasteiger partial charge in [-0.05, 0) is 17.7 Å². The molecule has 1 rings (SSSR count). The van der Waals surface area contributed by atoms with Crippen LogP contribution >= 0.6 is 0 Å². The van der Waals surface area contributed by atoms with Crippen molar-refractivity contribution < 1.29 is 39.7 Å². The van der Waals surface area contributed by atoms with Crippen molar-refractivity contribution in [3.63, 3.8) is 0 Å². The van der Waals surface area contributed by atoms with Gasteiger partial charge >= 0.3 is 21.5 Å². The number of ether oxygens (including phenoxy) is 1. The van der Waals surface area contributed by atoms with E-state index in [1.807, 2.05) is 0 Å². The van der Waals surface area contributed by atoms with Gasteiger partial charge < -0.3 is 9.64 Å². The number of nitrogens with zero attached hydrogens (tertiary/aromatic N) is 1. The summed E-state index contributed by atoms with van der Waals surface area (Å²) in [7, 11) is -2.85. The zero-order valence-electron chi connectivity index (χ0n) is 12.0. The molecule has 0 saturated carbocycles. The second-order valence-electron chi connectivity index (χ2n) is 4.83. The van der Waals surface area contributed by atoms with E-state index in [4.69, 9.17) is 4.55 Å². The standard InChI is InChI=1S/C12H14F5NO4S/c1-18(2)9-5-3-8(4-6-9)7-22-10(11(13,14)15)12(16,17)23(19,20)21/h3-6,10H,7H2,1-2H3,(H,19,20,21). The lowest BCUT2D eigenvalue weighted by Crippen LogP contribution is -2.51. The highest BCUT2D eigenvalue weighted by molar-refractivity contribution is 7.86. The minimum absolute atomic E-state index is 0.121. The average molecular weight is 363 g/mol. The molecule has 0 radical (unpaired) electrons. The van der Waals surface area contributed by atoms with Crippen molar-refractivity contribution >= 4 is 15.8 Å². The first-order valence-electron chi connectivity index (χ1n) is 6.06. The van der Waals surface area contributed by atoms with E-state index in [0.29, 0.717) is 5.69 Å². The summed E-state index contributed by atoms with van der Waals surface area (Å²) < 4.78 is 97.8. The van der Waals surface area contributed by atoms with Gasteiger partial charge in [-0.1, -0.05) is 12.1 Å². The molecular weight excluding hydrogens is 349 g/mol. The van der Waals surface area contributed by atoms with Crippen molar-refractivity contribution in [1.29, 1.82) is 0 Å². The molecule has 0 spiro atoms. The van der Waals surface area contributed by atoms with E-state index in [0.717, 1.165) is 0 Å². The zero-order valence-corrected chi connectivity index (χ0v) is 12.8. The number of halogens is 5. The molecule has 0 heterocycles. The first-order valence-corrected chi connectivity index (χ1v) is 7.50. The van der Waals surface area contributed by atoms with Crippen LogP contribution in [0.3, 0.4) is 0 Å². The van der Waals surface area contributed by atoms with E-state index >= 15 is 0 Å². The second-order valence-corrected chi connectivity index (χ2v) is 6.32. The summed E-state index contributed by atoms with van der Waals surface area (Å²) in [6.07, 6.45) is -9.68. The number of rotatable bonds is 6. The molecule has 0 aliphatic rings. The second kappa shape index (κ2) is 6.57. The average Bonchev–Trinajstić information content (AvgIpc) is 2.36. The van der Waals surface area contributed by atoms with Crippen molar-refractivity contribution in [2.75, 3.05) is 19.0 Å². The Labute approximate surface area is 129 Å². The number of alkyl halides is 5. The SMILES string of the molecule is CN(C)c1ccc(COC(C(F)(F)F)C(F)(F)S(=O)(=O)O)cc1. The fraction of sp³-hybridized carbons (Fsp3) is 0.500. The molecule has 0 aliphatic heterocycles. The van der Waals surface area contributed by atoms with E-state index in [1.54, 1.807) is 19.0 Å². The van der Waals surface area contributed by atoms with Crippen molar-refractivity contribution in [3.05, 3.63) is 29.8 Å². The molecule has 1 atom stereocenters. The molecule has 1 aromatic carbocycles. The Hall–Kier alpha value is -1.46. The van der Waals surface area contributed by atoms with Gasteiger partial charge in [-0.3, -0.25) is 4.55 Å². The van der Waals surface area contributed by atoms with Crippen LogP contribution in [0.2, 0.25) is 0 Å². The Morgan fingerprint density at radius 2 is 1.61 bits per heavy atom. The fourth-order valence-corrected chi connectivity index (χ4v) is 2.06. The van der Waals surface area contributed by atoms with E-state index in [9.17, 15) is 30.4 Å². The Kier molecular flexibility index (Phi) is 5.60. The van der Waals surface area contributed by atoms with Crippen LogP contribution in [0, 0.1) is 0 Å². The van der Waals surface area contributed by atoms with Crippen LogP contribution in [0.1, 0.15) is 5.56 Å². The van der Waals surface area contributed by atoms with Gasteiger partial charge in [-0.2, -0.15) is 30.4 Å². The highest BCUT2D eigenvalue weighted by atomic mass is 32.2. The van der Waals surface area contributed by atoms with Gasteiger partial charge in [-0.25, -0.2) is 0 Å². The lowest BCUT2D eigenvalue weighted by atomic mass is 10.2. The highest BCUT2D eigenvalue weighted by Gasteiger charge is 2.64. The van der Waals surface area contributed by atoms with Gasteiger partial charge in [-0.15, -0.1) is 0 Å². The zero-order chi connectivity index (χ0) is 18.1. The lowest BCUT2D eigenvalue weighted by Gasteiger charge is -2.26. The summed E-state index contributed by atoms with van der Waals surface area (Å²) >= 11 is 0. The van der Waals surface area contributed by atoms with Gasteiger partial charge in [0.2, 0.25) is 6.10 Å². The first kappa shape index (κ1) is 19.6. The maximum Gasteiger partial charge on any atom is 0.421 e. The van der Waals surface area contributed by atoms with Crippen LogP contribution in [0.5, 0.6) is 0 Å². The molecule has 5 nitrogen and oxygen atoms in total. The Balaban J connectivity index is 2.96. The third kappa shape index (κ3) is 4.75. The lowest BCUT2D eigenvalue weighted by molar-refractivity contribution is -0.267. The fourth-order valence-electron chi connectivity index (χ4n) is 1.59. The Morgan fingerprint density at radius 1 is 1.13 bits per heavy atom. The van der Waals surface area contributed by atoms with Gasteiger partial charge in [0.1, 0.15) is 0 Å². The number of benzene rings is 1. The minimum Gasteiger partial charge on any atom is -0.378 e. The number of hydrogen-bond acceptors (Lipinski definition) is 4. The molecule has 23 heavy (non-hydrogen) atoms. The summed E-state index contributed by atoms with van der Waals surface area (Å²) in [5.41, 5.74) is 0.834. The predicted molar refractivity (Wildman–Crippen MR) is 71.9 cm³/mol. The summed E-state index contributed by atoms with van der Waals surface area (Å²) in [6, 6.07) is 5.72. The molecule has 11 heteroatoms. The third-order valence-corrected chi connectivity index (χ3v) is 3.72. The maximum atomic E-state index is 13.3. The van der Waals surface area contributed by atoms with Gasteiger partial charge in [0.25, 0.3) is 0 Å². The summed E-state index contributed by atoms with van der Waals surface area (Å²) in [6.45, 7) is -0.914. The van der Waals surface area contributed by atoms with Gasteiger partial charge in [0, 0.05) is 19.8 Å². The molecule has 1 aromatic rings.